The molecule has 0 bridgehead atoms. The van der Waals surface area contributed by atoms with Gasteiger partial charge in [0, 0.05) is 0 Å². The molecule has 77 valence electrons. The first kappa shape index (κ1) is 11.3. The van der Waals surface area contributed by atoms with Crippen LogP contribution >= 0.6 is 0 Å². The summed E-state index contributed by atoms with van der Waals surface area (Å²) < 4.78 is 0. The van der Waals surface area contributed by atoms with Gasteiger partial charge in [-0.3, -0.25) is 0 Å². The summed E-state index contributed by atoms with van der Waals surface area (Å²) in [4.78, 5) is 0. The van der Waals surface area contributed by atoms with Gasteiger partial charge >= 0.3 is 0 Å². The summed E-state index contributed by atoms with van der Waals surface area (Å²) in [6.07, 6.45) is 3.87. The summed E-state index contributed by atoms with van der Waals surface area (Å²) in [7, 11) is 0. The van der Waals surface area contributed by atoms with Crippen molar-refractivity contribution in [2.75, 3.05) is 6.61 Å². The zero-order chi connectivity index (χ0) is 10.4. The number of rotatable bonds is 5. The summed E-state index contributed by atoms with van der Waals surface area (Å²) in [6.45, 7) is 4.39. The Morgan fingerprint density at radius 3 is 2.07 bits per heavy atom. The Morgan fingerprint density at radius 2 is 1.64 bits per heavy atom. The van der Waals surface area contributed by atoms with Crippen molar-refractivity contribution >= 4 is 0 Å². The molecule has 0 saturated heterocycles. The second-order valence-corrected chi connectivity index (χ2v) is 3.57. The molecule has 0 aliphatic carbocycles. The molecule has 0 spiro atoms. The van der Waals surface area contributed by atoms with Gasteiger partial charge < -0.3 is 0 Å². The SMILES string of the molecule is CCc1cccc(CC)c1CCC[O]. The third-order valence-corrected chi connectivity index (χ3v) is 2.70. The number of hydrogen-bond acceptors (Lipinski definition) is 0. The first-order chi connectivity index (χ1) is 6.83. The van der Waals surface area contributed by atoms with E-state index in [0.29, 0.717) is 0 Å². The molecule has 0 aromatic heterocycles. The van der Waals surface area contributed by atoms with Crippen LogP contribution in [0.4, 0.5) is 0 Å². The van der Waals surface area contributed by atoms with Crippen LogP contribution in [-0.4, -0.2) is 6.61 Å². The minimum Gasteiger partial charge on any atom is -0.237 e. The van der Waals surface area contributed by atoms with E-state index >= 15 is 0 Å². The summed E-state index contributed by atoms with van der Waals surface area (Å²) in [6, 6.07) is 6.48. The normalized spacial score (nSPS) is 10.5. The Balaban J connectivity index is 2.93. The monoisotopic (exact) mass is 191 g/mol. The lowest BCUT2D eigenvalue weighted by molar-refractivity contribution is 0.189. The zero-order valence-corrected chi connectivity index (χ0v) is 9.18. The van der Waals surface area contributed by atoms with E-state index in [0.717, 1.165) is 25.7 Å². The molecule has 0 saturated carbocycles. The number of hydrogen-bond donors (Lipinski definition) is 0. The zero-order valence-electron chi connectivity index (χ0n) is 9.18. The lowest BCUT2D eigenvalue weighted by Crippen LogP contribution is -2.00. The van der Waals surface area contributed by atoms with Gasteiger partial charge in [-0.15, -0.1) is 0 Å². The van der Waals surface area contributed by atoms with E-state index in [1.807, 2.05) is 0 Å². The van der Waals surface area contributed by atoms with Crippen LogP contribution in [0.3, 0.4) is 0 Å². The third-order valence-electron chi connectivity index (χ3n) is 2.70. The molecule has 1 heteroatoms. The molecule has 0 atom stereocenters. The number of benzene rings is 1. The molecule has 0 fully saturated rings. The molecule has 0 N–H and O–H groups in total. The fourth-order valence-electron chi connectivity index (χ4n) is 1.92. The topological polar surface area (TPSA) is 19.9 Å². The van der Waals surface area contributed by atoms with Crippen LogP contribution in [0.15, 0.2) is 18.2 Å². The van der Waals surface area contributed by atoms with Gasteiger partial charge in [0.05, 0.1) is 6.61 Å². The van der Waals surface area contributed by atoms with E-state index in [-0.39, 0.29) is 6.61 Å². The maximum absolute atomic E-state index is 10.5. The van der Waals surface area contributed by atoms with Gasteiger partial charge in [0.1, 0.15) is 0 Å². The fourth-order valence-corrected chi connectivity index (χ4v) is 1.92. The van der Waals surface area contributed by atoms with Gasteiger partial charge in [-0.05, 0) is 42.4 Å². The second-order valence-electron chi connectivity index (χ2n) is 3.57. The predicted octanol–water partition coefficient (Wildman–Crippen LogP) is 3.17. The maximum atomic E-state index is 10.5. The largest absolute Gasteiger partial charge is 0.237 e. The fraction of sp³-hybridized carbons (Fsp3) is 0.538. The molecular formula is C13H19O. The van der Waals surface area contributed by atoms with E-state index in [1.165, 1.54) is 16.7 Å². The Labute approximate surface area is 86.8 Å². The van der Waals surface area contributed by atoms with Crippen LogP contribution in [0.1, 0.15) is 37.0 Å². The van der Waals surface area contributed by atoms with Crippen molar-refractivity contribution < 1.29 is 5.11 Å². The molecule has 14 heavy (non-hydrogen) atoms. The van der Waals surface area contributed by atoms with Crippen LogP contribution in [0.2, 0.25) is 0 Å². The van der Waals surface area contributed by atoms with Crippen molar-refractivity contribution in [2.24, 2.45) is 0 Å². The molecule has 0 aliphatic heterocycles. The Hall–Kier alpha value is -0.820. The highest BCUT2D eigenvalue weighted by Crippen LogP contribution is 2.18. The molecule has 1 aromatic rings. The summed E-state index contributed by atoms with van der Waals surface area (Å²) in [5.41, 5.74) is 4.25. The van der Waals surface area contributed by atoms with Crippen molar-refractivity contribution in [3.63, 3.8) is 0 Å². The Bertz CT molecular complexity index is 256. The Morgan fingerprint density at radius 1 is 1.07 bits per heavy atom. The lowest BCUT2D eigenvalue weighted by atomic mass is 9.94. The lowest BCUT2D eigenvalue weighted by Gasteiger charge is -2.11. The van der Waals surface area contributed by atoms with Crippen molar-refractivity contribution in [3.05, 3.63) is 34.9 Å². The van der Waals surface area contributed by atoms with E-state index in [4.69, 9.17) is 0 Å². The Kier molecular flexibility index (Phi) is 4.68. The van der Waals surface area contributed by atoms with Gasteiger partial charge in [0.25, 0.3) is 0 Å². The molecule has 0 amide bonds. The molecule has 1 nitrogen and oxygen atoms in total. The van der Waals surface area contributed by atoms with Crippen molar-refractivity contribution in [3.8, 4) is 0 Å². The molecule has 0 heterocycles. The average Bonchev–Trinajstić information content (AvgIpc) is 2.25. The third kappa shape index (κ3) is 2.58. The summed E-state index contributed by atoms with van der Waals surface area (Å²) >= 11 is 0. The van der Waals surface area contributed by atoms with Crippen molar-refractivity contribution in [1.82, 2.24) is 0 Å². The standard InChI is InChI=1S/C13H19O/c1-3-11-7-5-8-12(4-2)13(11)9-6-10-14/h5,7-8H,3-4,6,9-10H2,1-2H3. The van der Waals surface area contributed by atoms with Crippen LogP contribution in [0.25, 0.3) is 0 Å². The molecule has 0 unspecified atom stereocenters. The van der Waals surface area contributed by atoms with E-state index < -0.39 is 0 Å². The summed E-state index contributed by atoms with van der Waals surface area (Å²) in [5, 5.41) is 10.5. The minimum atomic E-state index is 0.0429. The van der Waals surface area contributed by atoms with Gasteiger partial charge in [0.2, 0.25) is 0 Å². The van der Waals surface area contributed by atoms with Gasteiger partial charge in [-0.25, -0.2) is 5.11 Å². The molecule has 1 radical (unpaired) electrons. The molecular weight excluding hydrogens is 172 g/mol. The van der Waals surface area contributed by atoms with Crippen molar-refractivity contribution in [2.45, 2.75) is 39.5 Å². The highest BCUT2D eigenvalue weighted by atomic mass is 16.2. The van der Waals surface area contributed by atoms with Gasteiger partial charge in [-0.1, -0.05) is 32.0 Å². The highest BCUT2D eigenvalue weighted by Gasteiger charge is 2.05. The first-order valence-electron chi connectivity index (χ1n) is 5.51. The molecule has 1 rings (SSSR count). The molecule has 0 aliphatic rings. The van der Waals surface area contributed by atoms with E-state index in [9.17, 15) is 5.11 Å². The quantitative estimate of drug-likeness (QED) is 0.681. The second kappa shape index (κ2) is 5.82. The van der Waals surface area contributed by atoms with Crippen LogP contribution in [-0.2, 0) is 24.4 Å². The predicted molar refractivity (Wildman–Crippen MR) is 59.1 cm³/mol. The maximum Gasteiger partial charge on any atom is 0.0825 e. The van der Waals surface area contributed by atoms with Crippen LogP contribution < -0.4 is 0 Å². The molecule has 1 aromatic carbocycles. The van der Waals surface area contributed by atoms with Crippen LogP contribution in [0, 0.1) is 0 Å². The highest BCUT2D eigenvalue weighted by molar-refractivity contribution is 5.35. The van der Waals surface area contributed by atoms with Crippen molar-refractivity contribution in [1.29, 1.82) is 0 Å². The average molecular weight is 191 g/mol. The first-order valence-corrected chi connectivity index (χ1v) is 5.51. The smallest absolute Gasteiger partial charge is 0.0825 e. The summed E-state index contributed by atoms with van der Waals surface area (Å²) in [5.74, 6) is 0. The van der Waals surface area contributed by atoms with E-state index in [2.05, 4.69) is 32.0 Å². The minimum absolute atomic E-state index is 0.0429. The number of aryl methyl sites for hydroxylation is 2. The van der Waals surface area contributed by atoms with Gasteiger partial charge in [0.15, 0.2) is 0 Å². The van der Waals surface area contributed by atoms with E-state index in [1.54, 1.807) is 0 Å². The van der Waals surface area contributed by atoms with Crippen LogP contribution in [0.5, 0.6) is 0 Å². The van der Waals surface area contributed by atoms with Gasteiger partial charge in [-0.2, -0.15) is 0 Å².